The SMILES string of the molecule is O=c1cc(-c2ccc(O[C@@H]3OC[C@H](O)[C@H](O)[C@@H]3O)cc2)oc2cc(O)c(O)c(O)c12. The molecule has 158 valence electrons. The van der Waals surface area contributed by atoms with Gasteiger partial charge in [-0.25, -0.2) is 0 Å². The van der Waals surface area contributed by atoms with Gasteiger partial charge in [0.25, 0.3) is 0 Å². The smallest absolute Gasteiger partial charge is 0.228 e. The Bertz CT molecular complexity index is 1140. The van der Waals surface area contributed by atoms with Gasteiger partial charge in [0.05, 0.1) is 6.61 Å². The first kappa shape index (κ1) is 20.0. The van der Waals surface area contributed by atoms with Crippen LogP contribution in [-0.4, -0.2) is 61.8 Å². The molecule has 30 heavy (non-hydrogen) atoms. The molecule has 10 nitrogen and oxygen atoms in total. The van der Waals surface area contributed by atoms with E-state index in [2.05, 4.69) is 0 Å². The Hall–Kier alpha value is -3.31. The second kappa shape index (κ2) is 7.50. The Kier molecular flexibility index (Phi) is 5.00. The molecule has 0 spiro atoms. The summed E-state index contributed by atoms with van der Waals surface area (Å²) in [6.45, 7) is -0.196. The van der Waals surface area contributed by atoms with Gasteiger partial charge in [0.15, 0.2) is 16.9 Å². The van der Waals surface area contributed by atoms with E-state index in [1.54, 1.807) is 12.1 Å². The van der Waals surface area contributed by atoms with Gasteiger partial charge in [0.2, 0.25) is 12.0 Å². The highest BCUT2D eigenvalue weighted by Gasteiger charge is 2.39. The summed E-state index contributed by atoms with van der Waals surface area (Å²) in [6, 6.07) is 8.28. The summed E-state index contributed by atoms with van der Waals surface area (Å²) in [5.41, 5.74) is -0.267. The molecule has 2 aromatic carbocycles. The van der Waals surface area contributed by atoms with E-state index in [4.69, 9.17) is 13.9 Å². The molecule has 4 rings (SSSR count). The quantitative estimate of drug-likeness (QED) is 0.327. The number of phenols is 3. The summed E-state index contributed by atoms with van der Waals surface area (Å²) in [5, 5.41) is 57.9. The maximum Gasteiger partial charge on any atom is 0.228 e. The van der Waals surface area contributed by atoms with E-state index in [0.717, 1.165) is 12.1 Å². The van der Waals surface area contributed by atoms with Gasteiger partial charge >= 0.3 is 0 Å². The minimum absolute atomic E-state index is 0.114. The van der Waals surface area contributed by atoms with Crippen LogP contribution in [0.4, 0.5) is 0 Å². The van der Waals surface area contributed by atoms with E-state index in [-0.39, 0.29) is 29.1 Å². The molecule has 0 aliphatic carbocycles. The Labute approximate surface area is 168 Å². The number of fused-ring (bicyclic) bond motifs is 1. The van der Waals surface area contributed by atoms with Gasteiger partial charge in [0, 0.05) is 17.7 Å². The van der Waals surface area contributed by atoms with Gasteiger partial charge in [0.1, 0.15) is 40.8 Å². The second-order valence-electron chi connectivity index (χ2n) is 6.83. The van der Waals surface area contributed by atoms with Crippen LogP contribution in [0.3, 0.4) is 0 Å². The fourth-order valence-electron chi connectivity index (χ4n) is 3.14. The standard InChI is InChI=1S/C20H18O10/c21-10-5-13(30-14-6-11(22)16(24)18(26)15(10)14)8-1-3-9(4-2-8)29-20-19(27)17(25)12(23)7-28-20/h1-6,12,17,19-20,22-27H,7H2/t12-,17-,19-,20-/m0/s1. The van der Waals surface area contributed by atoms with E-state index in [1.807, 2.05) is 0 Å². The molecule has 10 heteroatoms. The number of aliphatic hydroxyl groups is 3. The first-order valence-corrected chi connectivity index (χ1v) is 8.91. The zero-order valence-corrected chi connectivity index (χ0v) is 15.3. The predicted molar refractivity (Wildman–Crippen MR) is 101 cm³/mol. The molecule has 0 saturated carbocycles. The lowest BCUT2D eigenvalue weighted by atomic mass is 10.1. The van der Waals surface area contributed by atoms with Gasteiger partial charge < -0.3 is 44.5 Å². The third kappa shape index (κ3) is 3.42. The van der Waals surface area contributed by atoms with Crippen LogP contribution in [0.25, 0.3) is 22.3 Å². The molecule has 1 fully saturated rings. The van der Waals surface area contributed by atoms with Crippen molar-refractivity contribution in [3.63, 3.8) is 0 Å². The van der Waals surface area contributed by atoms with Crippen molar-refractivity contribution < 1.29 is 44.5 Å². The number of rotatable bonds is 3. The highest BCUT2D eigenvalue weighted by atomic mass is 16.7. The van der Waals surface area contributed by atoms with E-state index in [9.17, 15) is 35.4 Å². The maximum absolute atomic E-state index is 12.4. The lowest BCUT2D eigenvalue weighted by Crippen LogP contribution is -2.54. The minimum Gasteiger partial charge on any atom is -0.504 e. The minimum atomic E-state index is -1.44. The zero-order chi connectivity index (χ0) is 21.6. The third-order valence-corrected chi connectivity index (χ3v) is 4.79. The summed E-state index contributed by atoms with van der Waals surface area (Å²) in [7, 11) is 0. The number of phenolic OH excluding ortho intramolecular Hbond substituents is 3. The van der Waals surface area contributed by atoms with Crippen molar-refractivity contribution in [1.82, 2.24) is 0 Å². The van der Waals surface area contributed by atoms with Crippen LogP contribution in [0, 0.1) is 0 Å². The van der Waals surface area contributed by atoms with Crippen LogP contribution in [0.15, 0.2) is 45.6 Å². The molecule has 1 aliphatic rings. The van der Waals surface area contributed by atoms with Gasteiger partial charge in [-0.2, -0.15) is 0 Å². The molecule has 1 aliphatic heterocycles. The second-order valence-corrected chi connectivity index (χ2v) is 6.83. The fourth-order valence-corrected chi connectivity index (χ4v) is 3.14. The molecular formula is C20H18O10. The number of hydrogen-bond donors (Lipinski definition) is 6. The average molecular weight is 418 g/mol. The largest absolute Gasteiger partial charge is 0.504 e. The van der Waals surface area contributed by atoms with Crippen molar-refractivity contribution in [3.8, 4) is 34.3 Å². The molecule has 3 aromatic rings. The number of benzene rings is 2. The normalized spacial score (nSPS) is 24.1. The molecule has 0 radical (unpaired) electrons. The predicted octanol–water partition coefficient (Wildman–Crippen LogP) is 0.395. The van der Waals surface area contributed by atoms with E-state index >= 15 is 0 Å². The van der Waals surface area contributed by atoms with Crippen LogP contribution in [0.1, 0.15) is 0 Å². The molecule has 4 atom stereocenters. The van der Waals surface area contributed by atoms with Crippen LogP contribution in [-0.2, 0) is 4.74 Å². The molecule has 1 aromatic heterocycles. The Morgan fingerprint density at radius 1 is 0.933 bits per heavy atom. The fraction of sp³-hybridized carbons (Fsp3) is 0.250. The third-order valence-electron chi connectivity index (χ3n) is 4.79. The van der Waals surface area contributed by atoms with Crippen LogP contribution >= 0.6 is 0 Å². The molecule has 0 unspecified atom stereocenters. The van der Waals surface area contributed by atoms with Crippen LogP contribution in [0.5, 0.6) is 23.0 Å². The van der Waals surface area contributed by atoms with Gasteiger partial charge in [-0.15, -0.1) is 0 Å². The maximum atomic E-state index is 12.4. The van der Waals surface area contributed by atoms with Gasteiger partial charge in [-0.05, 0) is 24.3 Å². The van der Waals surface area contributed by atoms with E-state index in [0.29, 0.717) is 5.56 Å². The van der Waals surface area contributed by atoms with Gasteiger partial charge in [-0.1, -0.05) is 0 Å². The van der Waals surface area contributed by atoms with E-state index < -0.39 is 47.3 Å². The molecule has 2 heterocycles. The first-order valence-electron chi connectivity index (χ1n) is 8.91. The van der Waals surface area contributed by atoms with Crippen molar-refractivity contribution in [2.24, 2.45) is 0 Å². The van der Waals surface area contributed by atoms with E-state index in [1.165, 1.54) is 12.1 Å². The van der Waals surface area contributed by atoms with Crippen molar-refractivity contribution in [3.05, 3.63) is 46.6 Å². The highest BCUT2D eigenvalue weighted by Crippen LogP contribution is 2.40. The monoisotopic (exact) mass is 418 g/mol. The summed E-state index contributed by atoms with van der Waals surface area (Å²) in [6.07, 6.45) is -5.23. The Morgan fingerprint density at radius 3 is 2.33 bits per heavy atom. The Morgan fingerprint density at radius 2 is 1.63 bits per heavy atom. The summed E-state index contributed by atoms with van der Waals surface area (Å²) >= 11 is 0. The van der Waals surface area contributed by atoms with Crippen molar-refractivity contribution in [2.45, 2.75) is 24.6 Å². The number of aliphatic hydroxyl groups excluding tert-OH is 3. The topological polar surface area (TPSA) is 170 Å². The van der Waals surface area contributed by atoms with Gasteiger partial charge in [-0.3, -0.25) is 4.79 Å². The average Bonchev–Trinajstić information content (AvgIpc) is 2.72. The van der Waals surface area contributed by atoms with Crippen molar-refractivity contribution >= 4 is 11.0 Å². The molecule has 6 N–H and O–H groups in total. The molecular weight excluding hydrogens is 400 g/mol. The van der Waals surface area contributed by atoms with Crippen LogP contribution < -0.4 is 10.2 Å². The number of aromatic hydroxyl groups is 3. The molecule has 1 saturated heterocycles. The Balaban J connectivity index is 1.61. The highest BCUT2D eigenvalue weighted by molar-refractivity contribution is 5.89. The van der Waals surface area contributed by atoms with Crippen molar-refractivity contribution in [2.75, 3.05) is 6.61 Å². The first-order chi connectivity index (χ1) is 14.3. The molecule has 0 amide bonds. The van der Waals surface area contributed by atoms with Crippen molar-refractivity contribution in [1.29, 1.82) is 0 Å². The lowest BCUT2D eigenvalue weighted by molar-refractivity contribution is -0.242. The summed E-state index contributed by atoms with van der Waals surface area (Å²) in [4.78, 5) is 12.4. The number of hydrogen-bond acceptors (Lipinski definition) is 10. The summed E-state index contributed by atoms with van der Waals surface area (Å²) in [5.74, 6) is -1.80. The zero-order valence-electron chi connectivity index (χ0n) is 15.3. The summed E-state index contributed by atoms with van der Waals surface area (Å²) < 4.78 is 16.2. The molecule has 0 bridgehead atoms. The lowest BCUT2D eigenvalue weighted by Gasteiger charge is -2.34. The number of ether oxygens (including phenoxy) is 2. The van der Waals surface area contributed by atoms with Crippen LogP contribution in [0.2, 0.25) is 0 Å².